The Bertz CT molecular complexity index is 641. The molecule has 0 amide bonds. The SMILES string of the molecule is C[C@H]1CC(Nc2cc(F)cc(F)c2F)c2ccsc2S1. The fourth-order valence-electron chi connectivity index (χ4n) is 2.33. The van der Waals surface area contributed by atoms with Gasteiger partial charge in [0.15, 0.2) is 11.6 Å². The first-order valence-corrected chi connectivity index (χ1v) is 7.95. The van der Waals surface area contributed by atoms with E-state index in [2.05, 4.69) is 12.2 Å². The molecule has 106 valence electrons. The molecule has 1 unspecified atom stereocenters. The molecular weight excluding hydrogens is 303 g/mol. The summed E-state index contributed by atoms with van der Waals surface area (Å²) in [5.74, 6) is -2.99. The first-order valence-electron chi connectivity index (χ1n) is 6.19. The van der Waals surface area contributed by atoms with E-state index in [1.165, 1.54) is 4.21 Å². The van der Waals surface area contributed by atoms with Crippen LogP contribution in [0.1, 0.15) is 24.9 Å². The molecule has 0 bridgehead atoms. The molecule has 2 aromatic rings. The second-order valence-electron chi connectivity index (χ2n) is 4.77. The van der Waals surface area contributed by atoms with Crippen LogP contribution in [0.25, 0.3) is 0 Å². The Morgan fingerprint density at radius 3 is 2.85 bits per heavy atom. The van der Waals surface area contributed by atoms with Gasteiger partial charge < -0.3 is 5.32 Å². The lowest BCUT2D eigenvalue weighted by Gasteiger charge is -2.28. The third-order valence-electron chi connectivity index (χ3n) is 3.23. The van der Waals surface area contributed by atoms with Gasteiger partial charge in [-0.25, -0.2) is 13.2 Å². The molecule has 0 fully saturated rings. The van der Waals surface area contributed by atoms with Crippen LogP contribution in [0.5, 0.6) is 0 Å². The van der Waals surface area contributed by atoms with Crippen molar-refractivity contribution < 1.29 is 13.2 Å². The van der Waals surface area contributed by atoms with Crippen LogP contribution in [0.2, 0.25) is 0 Å². The second-order valence-corrected chi connectivity index (χ2v) is 7.40. The Kier molecular flexibility index (Phi) is 3.69. The van der Waals surface area contributed by atoms with Crippen molar-refractivity contribution in [3.05, 3.63) is 46.6 Å². The molecule has 1 aliphatic heterocycles. The fourth-order valence-corrected chi connectivity index (χ4v) is 4.90. The van der Waals surface area contributed by atoms with E-state index < -0.39 is 17.5 Å². The van der Waals surface area contributed by atoms with E-state index in [-0.39, 0.29) is 11.7 Å². The smallest absolute Gasteiger partial charge is 0.182 e. The molecule has 20 heavy (non-hydrogen) atoms. The van der Waals surface area contributed by atoms with Gasteiger partial charge in [0.2, 0.25) is 0 Å². The highest BCUT2D eigenvalue weighted by Crippen LogP contribution is 2.45. The first-order chi connectivity index (χ1) is 9.54. The maximum Gasteiger partial charge on any atom is 0.182 e. The quantitative estimate of drug-likeness (QED) is 0.764. The minimum atomic E-state index is -1.17. The zero-order chi connectivity index (χ0) is 14.3. The van der Waals surface area contributed by atoms with Crippen molar-refractivity contribution in [2.24, 2.45) is 0 Å². The van der Waals surface area contributed by atoms with Crippen LogP contribution >= 0.6 is 23.1 Å². The molecule has 2 atom stereocenters. The number of anilines is 1. The van der Waals surface area contributed by atoms with Gasteiger partial charge >= 0.3 is 0 Å². The van der Waals surface area contributed by atoms with Crippen molar-refractivity contribution in [1.29, 1.82) is 0 Å². The number of thiophene rings is 1. The van der Waals surface area contributed by atoms with Gasteiger partial charge in [-0.05, 0) is 23.4 Å². The van der Waals surface area contributed by atoms with E-state index in [0.717, 1.165) is 18.1 Å². The summed E-state index contributed by atoms with van der Waals surface area (Å²) in [5, 5.41) is 5.30. The summed E-state index contributed by atoms with van der Waals surface area (Å²) in [7, 11) is 0. The highest BCUT2D eigenvalue weighted by atomic mass is 32.2. The van der Waals surface area contributed by atoms with Gasteiger partial charge in [-0.2, -0.15) is 0 Å². The van der Waals surface area contributed by atoms with Crippen molar-refractivity contribution in [1.82, 2.24) is 0 Å². The molecule has 6 heteroatoms. The number of hydrogen-bond donors (Lipinski definition) is 1. The molecule has 0 aliphatic carbocycles. The lowest BCUT2D eigenvalue weighted by atomic mass is 10.0. The summed E-state index contributed by atoms with van der Waals surface area (Å²) in [5.41, 5.74) is 0.950. The Morgan fingerprint density at radius 1 is 1.25 bits per heavy atom. The van der Waals surface area contributed by atoms with Gasteiger partial charge in [0.25, 0.3) is 0 Å². The molecule has 0 radical (unpaired) electrons. The van der Waals surface area contributed by atoms with Crippen molar-refractivity contribution in [3.63, 3.8) is 0 Å². The summed E-state index contributed by atoms with van der Waals surface area (Å²) >= 11 is 3.41. The molecule has 1 N–H and O–H groups in total. The minimum absolute atomic E-state index is 0.122. The van der Waals surface area contributed by atoms with Crippen LogP contribution in [0.4, 0.5) is 18.9 Å². The third kappa shape index (κ3) is 2.54. The van der Waals surface area contributed by atoms with Crippen LogP contribution in [-0.4, -0.2) is 5.25 Å². The van der Waals surface area contributed by atoms with E-state index in [0.29, 0.717) is 11.3 Å². The molecule has 2 heterocycles. The zero-order valence-corrected chi connectivity index (χ0v) is 12.3. The number of thioether (sulfide) groups is 1. The molecule has 3 rings (SSSR count). The highest BCUT2D eigenvalue weighted by Gasteiger charge is 2.27. The lowest BCUT2D eigenvalue weighted by Crippen LogP contribution is -2.19. The van der Waals surface area contributed by atoms with E-state index >= 15 is 0 Å². The number of nitrogens with one attached hydrogen (secondary N) is 1. The zero-order valence-electron chi connectivity index (χ0n) is 10.6. The predicted octanol–water partition coefficient (Wildman–Crippen LogP) is 5.20. The van der Waals surface area contributed by atoms with Crippen LogP contribution < -0.4 is 5.32 Å². The molecular formula is C14H12F3NS2. The average molecular weight is 315 g/mol. The summed E-state index contributed by atoms with van der Waals surface area (Å²) in [4.78, 5) is 0. The van der Waals surface area contributed by atoms with E-state index in [9.17, 15) is 13.2 Å². The van der Waals surface area contributed by atoms with Gasteiger partial charge in [0.1, 0.15) is 5.82 Å². The topological polar surface area (TPSA) is 12.0 Å². The van der Waals surface area contributed by atoms with Crippen LogP contribution in [0.15, 0.2) is 27.8 Å². The maximum atomic E-state index is 13.7. The van der Waals surface area contributed by atoms with Gasteiger partial charge in [0, 0.05) is 17.4 Å². The normalized spacial score (nSPS) is 21.6. The number of fused-ring (bicyclic) bond motifs is 1. The standard InChI is InChI=1S/C14H12F3NS2/c1-7-4-11(9-2-3-19-14(9)20-7)18-12-6-8(15)5-10(16)13(12)17/h2-3,5-7,11,18H,4H2,1H3/t7-,11?/m0/s1. The Labute approximate surface area is 123 Å². The Hall–Kier alpha value is -1.14. The van der Waals surface area contributed by atoms with Crippen LogP contribution in [-0.2, 0) is 0 Å². The van der Waals surface area contributed by atoms with Crippen molar-refractivity contribution >= 4 is 28.8 Å². The summed E-state index contributed by atoms with van der Waals surface area (Å²) in [6.07, 6.45) is 0.784. The summed E-state index contributed by atoms with van der Waals surface area (Å²) in [6.45, 7) is 2.09. The second kappa shape index (κ2) is 5.33. The Morgan fingerprint density at radius 2 is 2.05 bits per heavy atom. The fraction of sp³-hybridized carbons (Fsp3) is 0.286. The minimum Gasteiger partial charge on any atom is -0.376 e. The van der Waals surface area contributed by atoms with Crippen molar-refractivity contribution in [2.45, 2.75) is 28.8 Å². The predicted molar refractivity (Wildman–Crippen MR) is 76.9 cm³/mol. The van der Waals surface area contributed by atoms with Crippen molar-refractivity contribution in [2.75, 3.05) is 5.32 Å². The number of halogens is 3. The molecule has 0 spiro atoms. The largest absolute Gasteiger partial charge is 0.376 e. The number of rotatable bonds is 2. The van der Waals surface area contributed by atoms with Gasteiger partial charge in [-0.1, -0.05) is 6.92 Å². The third-order valence-corrected chi connectivity index (χ3v) is 5.58. The van der Waals surface area contributed by atoms with E-state index in [1.807, 2.05) is 11.4 Å². The summed E-state index contributed by atoms with van der Waals surface area (Å²) in [6, 6.07) is 3.40. The lowest BCUT2D eigenvalue weighted by molar-refractivity contribution is 0.495. The first kappa shape index (κ1) is 13.8. The Balaban J connectivity index is 1.93. The molecule has 1 nitrogen and oxygen atoms in total. The van der Waals surface area contributed by atoms with Gasteiger partial charge in [0.05, 0.1) is 15.9 Å². The van der Waals surface area contributed by atoms with E-state index in [1.54, 1.807) is 23.1 Å². The molecule has 1 aromatic heterocycles. The highest BCUT2D eigenvalue weighted by molar-refractivity contribution is 8.01. The van der Waals surface area contributed by atoms with E-state index in [4.69, 9.17) is 0 Å². The van der Waals surface area contributed by atoms with Crippen LogP contribution in [0.3, 0.4) is 0 Å². The molecule has 0 saturated heterocycles. The maximum absolute atomic E-state index is 13.7. The summed E-state index contributed by atoms with van der Waals surface area (Å²) < 4.78 is 41.4. The van der Waals surface area contributed by atoms with Gasteiger partial charge in [-0.15, -0.1) is 23.1 Å². The number of hydrogen-bond acceptors (Lipinski definition) is 3. The number of benzene rings is 1. The monoisotopic (exact) mass is 315 g/mol. The molecule has 1 aliphatic rings. The molecule has 0 saturated carbocycles. The van der Waals surface area contributed by atoms with Crippen LogP contribution in [0, 0.1) is 17.5 Å². The average Bonchev–Trinajstić information content (AvgIpc) is 2.83. The van der Waals surface area contributed by atoms with Gasteiger partial charge in [-0.3, -0.25) is 0 Å². The molecule has 1 aromatic carbocycles. The van der Waals surface area contributed by atoms with Crippen molar-refractivity contribution in [3.8, 4) is 0 Å².